The van der Waals surface area contributed by atoms with E-state index in [4.69, 9.17) is 0 Å². The molecule has 0 bridgehead atoms. The topological polar surface area (TPSA) is 117 Å². The lowest BCUT2D eigenvalue weighted by molar-refractivity contribution is 0.145. The fraction of sp³-hybridized carbons (Fsp3) is 0.706. The number of aromatic nitrogens is 4. The molecule has 2 aromatic rings. The molecule has 3 N–H and O–H groups in total. The van der Waals surface area contributed by atoms with Crippen molar-refractivity contribution in [3.63, 3.8) is 0 Å². The van der Waals surface area contributed by atoms with E-state index in [1.165, 1.54) is 10.6 Å². The van der Waals surface area contributed by atoms with Crippen molar-refractivity contribution in [2.75, 3.05) is 48.7 Å². The number of nitrogens with zero attached hydrogens (tertiary/aromatic N) is 5. The smallest absolute Gasteiger partial charge is 0.282 e. The van der Waals surface area contributed by atoms with Gasteiger partial charge in [0.15, 0.2) is 5.65 Å². The van der Waals surface area contributed by atoms with Crippen molar-refractivity contribution >= 4 is 27.6 Å². The van der Waals surface area contributed by atoms with Crippen molar-refractivity contribution in [2.45, 2.75) is 38.2 Å². The van der Waals surface area contributed by atoms with Crippen LogP contribution in [0.5, 0.6) is 0 Å². The Hall–Kier alpha value is -2.12. The Morgan fingerprint density at radius 1 is 1.20 bits per heavy atom. The molecule has 0 unspecified atom stereocenters. The van der Waals surface area contributed by atoms with Crippen LogP contribution in [-0.4, -0.2) is 72.5 Å². The average Bonchev–Trinajstić information content (AvgIpc) is 3.37. The van der Waals surface area contributed by atoms with Gasteiger partial charge in [-0.05, 0) is 12.8 Å². The minimum Gasteiger partial charge on any atom is -0.353 e. The molecule has 0 aromatic carbocycles. The molecule has 2 aromatic heterocycles. The lowest BCUT2D eigenvalue weighted by Crippen LogP contribution is -2.44. The minimum absolute atomic E-state index is 0.000198. The highest BCUT2D eigenvalue weighted by Gasteiger charge is 2.23. The number of nitrogens with one attached hydrogen (secondary N) is 3. The molecule has 0 radical (unpaired) electrons. The van der Waals surface area contributed by atoms with Crippen LogP contribution in [0.25, 0.3) is 5.65 Å². The van der Waals surface area contributed by atoms with Gasteiger partial charge in [-0.15, -0.1) is 0 Å². The van der Waals surface area contributed by atoms with Crippen LogP contribution in [-0.2, 0) is 10.0 Å². The van der Waals surface area contributed by atoms with Crippen molar-refractivity contribution in [3.05, 3.63) is 11.8 Å². The molecule has 1 saturated carbocycles. The van der Waals surface area contributed by atoms with E-state index in [0.29, 0.717) is 19.0 Å². The van der Waals surface area contributed by atoms with Crippen LogP contribution in [0.1, 0.15) is 37.8 Å². The third-order valence-electron chi connectivity index (χ3n) is 5.31. The molecule has 4 rings (SSSR count). The molecule has 1 aliphatic carbocycles. The number of anilines is 2. The van der Waals surface area contributed by atoms with Crippen LogP contribution in [0, 0.1) is 0 Å². The Morgan fingerprint density at radius 2 is 1.93 bits per heavy atom. The molecular formula is C17H26F2N8O2S. The fourth-order valence-electron chi connectivity index (χ4n) is 3.78. The van der Waals surface area contributed by atoms with Crippen LogP contribution < -0.4 is 20.3 Å². The van der Waals surface area contributed by atoms with Gasteiger partial charge >= 0.3 is 0 Å². The van der Waals surface area contributed by atoms with E-state index in [9.17, 15) is 17.2 Å². The van der Waals surface area contributed by atoms with E-state index >= 15 is 0 Å². The van der Waals surface area contributed by atoms with Crippen molar-refractivity contribution in [1.82, 2.24) is 29.6 Å². The van der Waals surface area contributed by atoms with Gasteiger partial charge in [-0.2, -0.15) is 19.6 Å². The predicted molar refractivity (Wildman–Crippen MR) is 108 cm³/mol. The lowest BCUT2D eigenvalue weighted by atomic mass is 10.3. The second-order valence-corrected chi connectivity index (χ2v) is 9.44. The maximum atomic E-state index is 13.1. The maximum Gasteiger partial charge on any atom is 0.282 e. The molecule has 3 heterocycles. The van der Waals surface area contributed by atoms with Gasteiger partial charge in [-0.1, -0.05) is 12.8 Å². The first-order valence-corrected chi connectivity index (χ1v) is 11.8. The van der Waals surface area contributed by atoms with Gasteiger partial charge in [0.2, 0.25) is 21.9 Å². The SMILES string of the molecule is O=S(=O)(CCNc1nc(N2CCNCC2)nc2cc(C(F)F)nn12)NC1CCCC1. The normalized spacial score (nSPS) is 18.6. The number of halogens is 2. The molecule has 2 aliphatic rings. The van der Waals surface area contributed by atoms with E-state index in [2.05, 4.69) is 30.4 Å². The molecule has 0 spiro atoms. The first kappa shape index (κ1) is 21.1. The van der Waals surface area contributed by atoms with Gasteiger partial charge in [-0.3, -0.25) is 0 Å². The molecule has 1 aliphatic heterocycles. The van der Waals surface area contributed by atoms with Gasteiger partial charge in [-0.25, -0.2) is 21.9 Å². The van der Waals surface area contributed by atoms with Crippen LogP contribution in [0.15, 0.2) is 6.07 Å². The number of alkyl halides is 2. The van der Waals surface area contributed by atoms with Gasteiger partial charge in [0, 0.05) is 44.8 Å². The van der Waals surface area contributed by atoms with Crippen molar-refractivity contribution in [3.8, 4) is 0 Å². The summed E-state index contributed by atoms with van der Waals surface area (Å²) in [5.74, 6) is 0.441. The summed E-state index contributed by atoms with van der Waals surface area (Å²) in [6, 6.07) is 1.22. The summed E-state index contributed by atoms with van der Waals surface area (Å²) in [7, 11) is -3.45. The van der Waals surface area contributed by atoms with E-state index in [1.54, 1.807) is 0 Å². The quantitative estimate of drug-likeness (QED) is 0.546. The van der Waals surface area contributed by atoms with Gasteiger partial charge in [0.05, 0.1) is 5.75 Å². The second-order valence-electron chi connectivity index (χ2n) is 7.57. The second kappa shape index (κ2) is 8.94. The Balaban J connectivity index is 1.51. The summed E-state index contributed by atoms with van der Waals surface area (Å²) in [4.78, 5) is 10.8. The van der Waals surface area contributed by atoms with Crippen LogP contribution >= 0.6 is 0 Å². The molecule has 10 nitrogen and oxygen atoms in total. The van der Waals surface area contributed by atoms with Crippen molar-refractivity contribution < 1.29 is 17.2 Å². The standard InChI is InChI=1S/C17H26F2N8O2S/c18-15(19)13-11-14-22-17(26-8-5-20-6-9-26)23-16(27(14)24-13)21-7-10-30(28,29)25-12-3-1-2-4-12/h11-12,15,20,25H,1-10H2,(H,21,22,23). The fourth-order valence-corrected chi connectivity index (χ4v) is 5.01. The lowest BCUT2D eigenvalue weighted by Gasteiger charge is -2.27. The van der Waals surface area contributed by atoms with Crippen molar-refractivity contribution in [2.24, 2.45) is 0 Å². The molecular weight excluding hydrogens is 418 g/mol. The summed E-state index contributed by atoms with van der Waals surface area (Å²) in [5, 5.41) is 10.1. The third kappa shape index (κ3) is 4.95. The average molecular weight is 445 g/mol. The first-order valence-electron chi connectivity index (χ1n) is 10.2. The number of hydrogen-bond donors (Lipinski definition) is 3. The van der Waals surface area contributed by atoms with Gasteiger partial charge in [0.25, 0.3) is 6.43 Å². The molecule has 0 amide bonds. The maximum absolute atomic E-state index is 13.1. The molecule has 0 atom stereocenters. The van der Waals surface area contributed by atoms with Gasteiger partial charge in [0.1, 0.15) is 5.69 Å². The Bertz CT molecular complexity index is 972. The summed E-state index contributed by atoms with van der Waals surface area (Å²) in [5.41, 5.74) is -0.163. The molecule has 166 valence electrons. The first-order chi connectivity index (χ1) is 14.4. The number of sulfonamides is 1. The van der Waals surface area contributed by atoms with Crippen LogP contribution in [0.4, 0.5) is 20.7 Å². The number of rotatable bonds is 8. The number of piperazine rings is 1. The molecule has 13 heteroatoms. The minimum atomic E-state index is -3.45. The summed E-state index contributed by atoms with van der Waals surface area (Å²) < 4.78 is 54.9. The highest BCUT2D eigenvalue weighted by Crippen LogP contribution is 2.22. The highest BCUT2D eigenvalue weighted by molar-refractivity contribution is 7.89. The highest BCUT2D eigenvalue weighted by atomic mass is 32.2. The van der Waals surface area contributed by atoms with E-state index in [-0.39, 0.29) is 29.9 Å². The predicted octanol–water partition coefficient (Wildman–Crippen LogP) is 0.745. The summed E-state index contributed by atoms with van der Waals surface area (Å²) in [6.45, 7) is 2.98. The molecule has 30 heavy (non-hydrogen) atoms. The summed E-state index contributed by atoms with van der Waals surface area (Å²) >= 11 is 0. The molecule has 2 fully saturated rings. The largest absolute Gasteiger partial charge is 0.353 e. The zero-order chi connectivity index (χ0) is 21.1. The number of fused-ring (bicyclic) bond motifs is 1. The van der Waals surface area contributed by atoms with Crippen molar-refractivity contribution in [1.29, 1.82) is 0 Å². The van der Waals surface area contributed by atoms with Gasteiger partial charge < -0.3 is 15.5 Å². The Labute approximate surface area is 173 Å². The summed E-state index contributed by atoms with van der Waals surface area (Å²) in [6.07, 6.45) is 1.04. The molecule has 1 saturated heterocycles. The Kier molecular flexibility index (Phi) is 6.29. The Morgan fingerprint density at radius 3 is 2.63 bits per heavy atom. The third-order valence-corrected chi connectivity index (χ3v) is 6.74. The van der Waals surface area contributed by atoms with E-state index in [1.807, 2.05) is 4.90 Å². The zero-order valence-corrected chi connectivity index (χ0v) is 17.3. The monoisotopic (exact) mass is 444 g/mol. The number of hydrogen-bond acceptors (Lipinski definition) is 8. The van der Waals surface area contributed by atoms with Crippen LogP contribution in [0.3, 0.4) is 0 Å². The zero-order valence-electron chi connectivity index (χ0n) is 16.5. The van der Waals surface area contributed by atoms with Crippen LogP contribution in [0.2, 0.25) is 0 Å². The van der Waals surface area contributed by atoms with E-state index in [0.717, 1.165) is 38.8 Å². The van der Waals surface area contributed by atoms with E-state index < -0.39 is 22.1 Å².